The highest BCUT2D eigenvalue weighted by atomic mass is 16.5. The predicted octanol–water partition coefficient (Wildman–Crippen LogP) is 3.85. The molecule has 0 spiro atoms. The standard InChI is InChI=1S/C30H34N4O5/c1-3-38-26-9-5-4-7-23(26)19-32-30(37)25-12-10-21(2)33-29(25)22-14-16-34(17-15-22)28(36)20-31-27(35)13-11-24-8-6-18-39-24/h4-13,18,22H,3,14-17,19-20H2,1-2H3,(H,31,35)(H,32,37)/b13-11-. The van der Waals surface area contributed by atoms with Crippen molar-refractivity contribution in [1.82, 2.24) is 20.5 Å². The molecular weight excluding hydrogens is 496 g/mol. The molecule has 0 saturated carbocycles. The fourth-order valence-electron chi connectivity index (χ4n) is 4.58. The van der Waals surface area contributed by atoms with Crippen molar-refractivity contribution in [3.8, 4) is 5.75 Å². The van der Waals surface area contributed by atoms with Crippen LogP contribution >= 0.6 is 0 Å². The molecule has 2 N–H and O–H groups in total. The Morgan fingerprint density at radius 1 is 1.08 bits per heavy atom. The number of furan rings is 1. The lowest BCUT2D eigenvalue weighted by molar-refractivity contribution is -0.133. The third-order valence-corrected chi connectivity index (χ3v) is 6.61. The first-order valence-corrected chi connectivity index (χ1v) is 13.2. The Morgan fingerprint density at radius 2 is 1.87 bits per heavy atom. The Labute approximate surface area is 228 Å². The lowest BCUT2D eigenvalue weighted by atomic mass is 9.89. The fourth-order valence-corrected chi connectivity index (χ4v) is 4.58. The van der Waals surface area contributed by atoms with Crippen LogP contribution in [-0.4, -0.2) is 53.8 Å². The number of aromatic nitrogens is 1. The lowest BCUT2D eigenvalue weighted by Gasteiger charge is -2.32. The minimum absolute atomic E-state index is 0.0521. The SMILES string of the molecule is CCOc1ccccc1CNC(=O)c1ccc(C)nc1C1CCN(C(=O)CNC(=O)/C=C\c2ccco2)CC1. The first kappa shape index (κ1) is 27.6. The lowest BCUT2D eigenvalue weighted by Crippen LogP contribution is -2.43. The number of carbonyl (C=O) groups excluding carboxylic acids is 3. The van der Waals surface area contributed by atoms with Crippen LogP contribution < -0.4 is 15.4 Å². The number of hydrogen-bond acceptors (Lipinski definition) is 6. The highest BCUT2D eigenvalue weighted by Crippen LogP contribution is 2.29. The Bertz CT molecular complexity index is 1310. The van der Waals surface area contributed by atoms with Gasteiger partial charge in [0, 0.05) is 42.9 Å². The average Bonchev–Trinajstić information content (AvgIpc) is 3.48. The van der Waals surface area contributed by atoms with Crippen LogP contribution in [0, 0.1) is 6.92 Å². The number of hydrogen-bond donors (Lipinski definition) is 2. The monoisotopic (exact) mass is 530 g/mol. The van der Waals surface area contributed by atoms with Crippen molar-refractivity contribution in [2.75, 3.05) is 26.2 Å². The molecule has 0 bridgehead atoms. The van der Waals surface area contributed by atoms with Gasteiger partial charge < -0.3 is 24.7 Å². The van der Waals surface area contributed by atoms with Gasteiger partial charge in [0.25, 0.3) is 5.91 Å². The molecule has 2 aromatic heterocycles. The Morgan fingerprint density at radius 3 is 2.62 bits per heavy atom. The fraction of sp³-hybridized carbons (Fsp3) is 0.333. The van der Waals surface area contributed by atoms with Crippen LogP contribution in [0.15, 0.2) is 65.3 Å². The van der Waals surface area contributed by atoms with Crippen LogP contribution in [0.1, 0.15) is 58.8 Å². The highest BCUT2D eigenvalue weighted by molar-refractivity contribution is 5.95. The summed E-state index contributed by atoms with van der Waals surface area (Å²) in [5, 5.41) is 5.63. The third kappa shape index (κ3) is 7.56. The molecule has 9 heteroatoms. The molecule has 0 aliphatic carbocycles. The minimum atomic E-state index is -0.363. The van der Waals surface area contributed by atoms with Gasteiger partial charge in [-0.3, -0.25) is 19.4 Å². The van der Waals surface area contributed by atoms with Gasteiger partial charge in [-0.05, 0) is 63.1 Å². The highest BCUT2D eigenvalue weighted by Gasteiger charge is 2.28. The summed E-state index contributed by atoms with van der Waals surface area (Å²) in [7, 11) is 0. The molecule has 3 heterocycles. The van der Waals surface area contributed by atoms with Crippen LogP contribution in [0.5, 0.6) is 5.75 Å². The largest absolute Gasteiger partial charge is 0.494 e. The normalized spacial score (nSPS) is 13.8. The molecule has 9 nitrogen and oxygen atoms in total. The summed E-state index contributed by atoms with van der Waals surface area (Å²) in [6.07, 6.45) is 5.77. The third-order valence-electron chi connectivity index (χ3n) is 6.61. The molecule has 204 valence electrons. The summed E-state index contributed by atoms with van der Waals surface area (Å²) in [5.74, 6) is 0.675. The maximum atomic E-state index is 13.2. The number of aryl methyl sites for hydroxylation is 1. The molecule has 0 atom stereocenters. The molecule has 1 aliphatic rings. The van der Waals surface area contributed by atoms with Crippen molar-refractivity contribution in [3.05, 3.63) is 89.1 Å². The van der Waals surface area contributed by atoms with Gasteiger partial charge >= 0.3 is 0 Å². The van der Waals surface area contributed by atoms with Crippen LogP contribution in [0.3, 0.4) is 0 Å². The van der Waals surface area contributed by atoms with Gasteiger partial charge in [-0.25, -0.2) is 0 Å². The molecule has 39 heavy (non-hydrogen) atoms. The van der Waals surface area contributed by atoms with Crippen molar-refractivity contribution in [1.29, 1.82) is 0 Å². The smallest absolute Gasteiger partial charge is 0.253 e. The molecule has 4 rings (SSSR count). The molecule has 1 saturated heterocycles. The first-order valence-electron chi connectivity index (χ1n) is 13.2. The van der Waals surface area contributed by atoms with Crippen LogP contribution in [0.2, 0.25) is 0 Å². The van der Waals surface area contributed by atoms with Gasteiger partial charge in [0.05, 0.1) is 30.7 Å². The zero-order valence-corrected chi connectivity index (χ0v) is 22.3. The Kier molecular flexibility index (Phi) is 9.50. The molecule has 0 radical (unpaired) electrons. The summed E-state index contributed by atoms with van der Waals surface area (Å²) in [6, 6.07) is 14.8. The number of pyridine rings is 1. The van der Waals surface area contributed by atoms with E-state index in [4.69, 9.17) is 14.1 Å². The number of likely N-dealkylation sites (tertiary alicyclic amines) is 1. The van der Waals surface area contributed by atoms with Gasteiger partial charge in [0.1, 0.15) is 11.5 Å². The van der Waals surface area contributed by atoms with Crippen LogP contribution in [0.4, 0.5) is 0 Å². The number of rotatable bonds is 10. The van der Waals surface area contributed by atoms with Crippen molar-refractivity contribution in [2.24, 2.45) is 0 Å². The number of nitrogens with zero attached hydrogens (tertiary/aromatic N) is 2. The second kappa shape index (κ2) is 13.4. The summed E-state index contributed by atoms with van der Waals surface area (Å²) in [4.78, 5) is 44.4. The molecule has 3 aromatic rings. The van der Waals surface area contributed by atoms with Gasteiger partial charge in [0.2, 0.25) is 11.8 Å². The van der Waals surface area contributed by atoms with Gasteiger partial charge in [-0.1, -0.05) is 18.2 Å². The molecule has 3 amide bonds. The molecular formula is C30H34N4O5. The van der Waals surface area contributed by atoms with Crippen LogP contribution in [0.25, 0.3) is 6.08 Å². The summed E-state index contributed by atoms with van der Waals surface area (Å²) in [5.41, 5.74) is 3.06. The van der Waals surface area contributed by atoms with E-state index in [1.807, 2.05) is 50.2 Å². The Hall–Kier alpha value is -4.40. The van der Waals surface area contributed by atoms with Crippen molar-refractivity contribution in [2.45, 2.75) is 39.2 Å². The molecule has 0 unspecified atom stereocenters. The quantitative estimate of drug-likeness (QED) is 0.385. The van der Waals surface area contributed by atoms with E-state index >= 15 is 0 Å². The second-order valence-electron chi connectivity index (χ2n) is 9.33. The predicted molar refractivity (Wildman–Crippen MR) is 147 cm³/mol. The van der Waals surface area contributed by atoms with Crippen molar-refractivity contribution in [3.63, 3.8) is 0 Å². The van der Waals surface area contributed by atoms with E-state index in [0.717, 1.165) is 22.7 Å². The Balaban J connectivity index is 1.32. The first-order chi connectivity index (χ1) is 18.9. The molecule has 1 aliphatic heterocycles. The summed E-state index contributed by atoms with van der Waals surface area (Å²) in [6.45, 7) is 5.71. The number of piperidine rings is 1. The van der Waals surface area contributed by atoms with Gasteiger partial charge in [0.15, 0.2) is 0 Å². The average molecular weight is 531 g/mol. The van der Waals surface area contributed by atoms with Crippen molar-refractivity contribution < 1.29 is 23.5 Å². The number of carbonyl (C=O) groups is 3. The zero-order chi connectivity index (χ0) is 27.6. The summed E-state index contributed by atoms with van der Waals surface area (Å²) >= 11 is 0. The zero-order valence-electron chi connectivity index (χ0n) is 22.3. The van der Waals surface area contributed by atoms with E-state index in [0.29, 0.717) is 50.4 Å². The second-order valence-corrected chi connectivity index (χ2v) is 9.33. The number of para-hydroxylation sites is 1. The van der Waals surface area contributed by atoms with E-state index in [2.05, 4.69) is 10.6 Å². The van der Waals surface area contributed by atoms with Crippen LogP contribution in [-0.2, 0) is 16.1 Å². The molecule has 1 fully saturated rings. The topological polar surface area (TPSA) is 114 Å². The van der Waals surface area contributed by atoms with Crippen molar-refractivity contribution >= 4 is 23.8 Å². The maximum Gasteiger partial charge on any atom is 0.253 e. The number of benzene rings is 1. The van der Waals surface area contributed by atoms with Gasteiger partial charge in [-0.15, -0.1) is 0 Å². The number of ether oxygens (including phenoxy) is 1. The van der Waals surface area contributed by atoms with E-state index in [1.165, 1.54) is 12.3 Å². The van der Waals surface area contributed by atoms with E-state index in [9.17, 15) is 14.4 Å². The summed E-state index contributed by atoms with van der Waals surface area (Å²) < 4.78 is 10.8. The molecule has 1 aromatic carbocycles. The van der Waals surface area contributed by atoms with E-state index in [-0.39, 0.29) is 30.2 Å². The maximum absolute atomic E-state index is 13.2. The minimum Gasteiger partial charge on any atom is -0.494 e. The number of nitrogens with one attached hydrogen (secondary N) is 2. The van der Waals surface area contributed by atoms with E-state index < -0.39 is 0 Å². The van der Waals surface area contributed by atoms with E-state index in [1.54, 1.807) is 23.1 Å². The van der Waals surface area contributed by atoms with Gasteiger partial charge in [-0.2, -0.15) is 0 Å². The number of amides is 3.